The fourth-order valence-electron chi connectivity index (χ4n) is 4.04. The minimum absolute atomic E-state index is 0.0139. The molecule has 4 rings (SSSR count). The molecule has 0 fully saturated rings. The lowest BCUT2D eigenvalue weighted by atomic mass is 9.94. The molecule has 0 saturated heterocycles. The van der Waals surface area contributed by atoms with Gasteiger partial charge in [0.1, 0.15) is 5.82 Å². The molecule has 1 unspecified atom stereocenters. The van der Waals surface area contributed by atoms with Gasteiger partial charge in [-0.1, -0.05) is 36.4 Å². The number of nitrogens with zero attached hydrogens (tertiary/aromatic N) is 2. The van der Waals surface area contributed by atoms with Gasteiger partial charge in [-0.15, -0.1) is 0 Å². The molecule has 0 saturated carbocycles. The zero-order valence-corrected chi connectivity index (χ0v) is 17.8. The van der Waals surface area contributed by atoms with Crippen LogP contribution in [0.5, 0.6) is 0 Å². The van der Waals surface area contributed by atoms with Crippen molar-refractivity contribution in [1.82, 2.24) is 14.9 Å². The van der Waals surface area contributed by atoms with E-state index in [0.717, 1.165) is 36.8 Å². The summed E-state index contributed by atoms with van der Waals surface area (Å²) in [6.45, 7) is 5.48. The number of pyridine rings is 1. The highest BCUT2D eigenvalue weighted by molar-refractivity contribution is 5.91. The number of H-pyrrole nitrogens is 1. The van der Waals surface area contributed by atoms with Crippen LogP contribution < -0.4 is 5.32 Å². The van der Waals surface area contributed by atoms with Crippen molar-refractivity contribution in [2.75, 3.05) is 11.9 Å². The molecule has 0 spiro atoms. The molecule has 0 bridgehead atoms. The SMILES string of the molecule is CC(C)N1C=CC(c2c[nH]c3ccc(NC(=O)CCCc4ccccc4)nc23)CC1. The Kier molecular flexibility index (Phi) is 6.17. The highest BCUT2D eigenvalue weighted by atomic mass is 16.1. The third-order valence-corrected chi connectivity index (χ3v) is 5.80. The molecule has 2 aromatic heterocycles. The first-order chi connectivity index (χ1) is 14.6. The lowest BCUT2D eigenvalue weighted by Crippen LogP contribution is -2.30. The smallest absolute Gasteiger partial charge is 0.225 e. The van der Waals surface area contributed by atoms with E-state index in [9.17, 15) is 4.79 Å². The summed E-state index contributed by atoms with van der Waals surface area (Å²) in [5.74, 6) is 0.981. The van der Waals surface area contributed by atoms with E-state index in [-0.39, 0.29) is 5.91 Å². The molecule has 1 amide bonds. The second kappa shape index (κ2) is 9.16. The minimum atomic E-state index is 0.0139. The molecule has 2 N–H and O–H groups in total. The number of hydrogen-bond donors (Lipinski definition) is 2. The molecule has 5 heteroatoms. The normalized spacial score (nSPS) is 16.4. The van der Waals surface area contributed by atoms with E-state index >= 15 is 0 Å². The first kappa shape index (κ1) is 20.2. The summed E-state index contributed by atoms with van der Waals surface area (Å²) in [6, 6.07) is 14.7. The predicted molar refractivity (Wildman–Crippen MR) is 122 cm³/mol. The van der Waals surface area contributed by atoms with Gasteiger partial charge in [0, 0.05) is 36.7 Å². The summed E-state index contributed by atoms with van der Waals surface area (Å²) in [5.41, 5.74) is 4.42. The number of aryl methyl sites for hydroxylation is 1. The van der Waals surface area contributed by atoms with Crippen molar-refractivity contribution in [3.8, 4) is 0 Å². The molecule has 3 aromatic rings. The van der Waals surface area contributed by atoms with Gasteiger partial charge in [0.2, 0.25) is 5.91 Å². The van der Waals surface area contributed by atoms with E-state index in [1.54, 1.807) is 0 Å². The zero-order valence-electron chi connectivity index (χ0n) is 17.8. The molecule has 0 aliphatic carbocycles. The van der Waals surface area contributed by atoms with Crippen molar-refractivity contribution in [1.29, 1.82) is 0 Å². The lowest BCUT2D eigenvalue weighted by molar-refractivity contribution is -0.116. The molecule has 1 aliphatic heterocycles. The average molecular weight is 403 g/mol. The maximum atomic E-state index is 12.4. The summed E-state index contributed by atoms with van der Waals surface area (Å²) in [4.78, 5) is 22.8. The van der Waals surface area contributed by atoms with Crippen LogP contribution in [0.4, 0.5) is 5.82 Å². The van der Waals surface area contributed by atoms with Gasteiger partial charge in [0.25, 0.3) is 0 Å². The van der Waals surface area contributed by atoms with Gasteiger partial charge in [-0.05, 0) is 57.0 Å². The number of amides is 1. The zero-order chi connectivity index (χ0) is 20.9. The predicted octanol–water partition coefficient (Wildman–Crippen LogP) is 5.24. The molecule has 30 heavy (non-hydrogen) atoms. The molecule has 156 valence electrons. The Morgan fingerprint density at radius 2 is 2.07 bits per heavy atom. The molecular formula is C25H30N4O. The lowest BCUT2D eigenvalue weighted by Gasteiger charge is -2.30. The topological polar surface area (TPSA) is 61.0 Å². The van der Waals surface area contributed by atoms with E-state index in [1.807, 2.05) is 30.3 Å². The van der Waals surface area contributed by atoms with Crippen molar-refractivity contribution >= 4 is 22.8 Å². The summed E-state index contributed by atoms with van der Waals surface area (Å²) in [6.07, 6.45) is 9.82. The Morgan fingerprint density at radius 3 is 2.80 bits per heavy atom. The maximum Gasteiger partial charge on any atom is 0.225 e. The number of aromatic amines is 1. The van der Waals surface area contributed by atoms with Crippen molar-refractivity contribution in [2.45, 2.75) is 51.5 Å². The number of carbonyl (C=O) groups excluding carboxylic acids is 1. The summed E-state index contributed by atoms with van der Waals surface area (Å²) in [7, 11) is 0. The number of hydrogen-bond acceptors (Lipinski definition) is 3. The molecule has 1 atom stereocenters. The average Bonchev–Trinajstić information content (AvgIpc) is 3.18. The van der Waals surface area contributed by atoms with Crippen LogP contribution in [0.2, 0.25) is 0 Å². The van der Waals surface area contributed by atoms with E-state index in [4.69, 9.17) is 4.98 Å². The highest BCUT2D eigenvalue weighted by Gasteiger charge is 2.20. The fraction of sp³-hybridized carbons (Fsp3) is 0.360. The van der Waals surface area contributed by atoms with Gasteiger partial charge in [0.15, 0.2) is 0 Å². The van der Waals surface area contributed by atoms with Crippen LogP contribution in [0.25, 0.3) is 11.0 Å². The second-order valence-electron chi connectivity index (χ2n) is 8.29. The Labute approximate surface area is 178 Å². The molecule has 1 aliphatic rings. The standard InChI is InChI=1S/C25H30N4O/c1-18(2)29-15-13-20(14-16-29)21-17-26-22-11-12-23(28-25(21)22)27-24(30)10-6-9-19-7-4-3-5-8-19/h3-5,7-8,11-13,15,17-18,20,26H,6,9-10,14,16H2,1-2H3,(H,27,28,30). The molecule has 5 nitrogen and oxygen atoms in total. The van der Waals surface area contributed by atoms with E-state index in [1.165, 1.54) is 11.1 Å². The number of anilines is 1. The number of fused-ring (bicyclic) bond motifs is 1. The van der Waals surface area contributed by atoms with Gasteiger partial charge < -0.3 is 15.2 Å². The first-order valence-corrected chi connectivity index (χ1v) is 10.9. The van der Waals surface area contributed by atoms with Crippen molar-refractivity contribution in [3.05, 3.63) is 72.1 Å². The third kappa shape index (κ3) is 4.73. The first-order valence-electron chi connectivity index (χ1n) is 10.9. The number of allylic oxidation sites excluding steroid dienone is 1. The Hall–Kier alpha value is -3.08. The monoisotopic (exact) mass is 402 g/mol. The molecule has 0 radical (unpaired) electrons. The van der Waals surface area contributed by atoms with Gasteiger partial charge >= 0.3 is 0 Å². The van der Waals surface area contributed by atoms with E-state index in [2.05, 4.69) is 59.7 Å². The quantitative estimate of drug-likeness (QED) is 0.568. The maximum absolute atomic E-state index is 12.4. The summed E-state index contributed by atoms with van der Waals surface area (Å²) >= 11 is 0. The van der Waals surface area contributed by atoms with Crippen LogP contribution in [0, 0.1) is 0 Å². The van der Waals surface area contributed by atoms with Crippen LogP contribution in [0.15, 0.2) is 60.9 Å². The Morgan fingerprint density at radius 1 is 1.23 bits per heavy atom. The Bertz CT molecular complexity index is 1020. The van der Waals surface area contributed by atoms with Gasteiger partial charge in [-0.25, -0.2) is 4.98 Å². The van der Waals surface area contributed by atoms with Crippen LogP contribution in [0.3, 0.4) is 0 Å². The largest absolute Gasteiger partial charge is 0.375 e. The molecular weight excluding hydrogens is 372 g/mol. The van der Waals surface area contributed by atoms with E-state index in [0.29, 0.717) is 24.2 Å². The third-order valence-electron chi connectivity index (χ3n) is 5.80. The summed E-state index contributed by atoms with van der Waals surface area (Å²) in [5, 5.41) is 2.97. The van der Waals surface area contributed by atoms with Gasteiger partial charge in [-0.3, -0.25) is 4.79 Å². The Balaban J connectivity index is 1.40. The van der Waals surface area contributed by atoms with Crippen LogP contribution >= 0.6 is 0 Å². The number of benzene rings is 1. The van der Waals surface area contributed by atoms with Gasteiger partial charge in [0.05, 0.1) is 11.0 Å². The van der Waals surface area contributed by atoms with E-state index < -0.39 is 0 Å². The van der Waals surface area contributed by atoms with Gasteiger partial charge in [-0.2, -0.15) is 0 Å². The van der Waals surface area contributed by atoms with Crippen molar-refractivity contribution in [3.63, 3.8) is 0 Å². The number of rotatable bonds is 7. The van der Waals surface area contributed by atoms with Crippen LogP contribution in [-0.2, 0) is 11.2 Å². The number of aromatic nitrogens is 2. The number of carbonyl (C=O) groups is 1. The van der Waals surface area contributed by atoms with Crippen LogP contribution in [-0.4, -0.2) is 33.4 Å². The fourth-order valence-corrected chi connectivity index (χ4v) is 4.04. The summed E-state index contributed by atoms with van der Waals surface area (Å²) < 4.78 is 0. The minimum Gasteiger partial charge on any atom is -0.375 e. The van der Waals surface area contributed by atoms with Crippen LogP contribution in [0.1, 0.15) is 50.2 Å². The second-order valence-corrected chi connectivity index (χ2v) is 8.29. The van der Waals surface area contributed by atoms with Crippen molar-refractivity contribution < 1.29 is 4.79 Å². The molecule has 3 heterocycles. The van der Waals surface area contributed by atoms with Crippen molar-refractivity contribution in [2.24, 2.45) is 0 Å². The molecule has 1 aromatic carbocycles. The highest BCUT2D eigenvalue weighted by Crippen LogP contribution is 2.31. The number of nitrogens with one attached hydrogen (secondary N) is 2.